The number of aromatic nitrogens is 2. The lowest BCUT2D eigenvalue weighted by Crippen LogP contribution is -2.38. The first kappa shape index (κ1) is 8.27. The summed E-state index contributed by atoms with van der Waals surface area (Å²) in [6, 6.07) is 2.00. The molecule has 1 heterocycles. The Balaban J connectivity index is 2.56. The molecule has 11 heavy (non-hydrogen) atoms. The molecule has 0 saturated heterocycles. The first-order valence-electron chi connectivity index (χ1n) is 3.81. The van der Waals surface area contributed by atoms with E-state index in [9.17, 15) is 0 Å². The van der Waals surface area contributed by atoms with E-state index in [2.05, 4.69) is 29.4 Å². The molecular formula is C8H15N3. The number of H-pyrrole nitrogens is 1. The highest BCUT2D eigenvalue weighted by Crippen LogP contribution is 2.08. The minimum atomic E-state index is 0.145. The zero-order valence-electron chi connectivity index (χ0n) is 7.31. The highest BCUT2D eigenvalue weighted by molar-refractivity contribution is 5.02. The first-order valence-corrected chi connectivity index (χ1v) is 3.81. The van der Waals surface area contributed by atoms with Crippen LogP contribution in [0.1, 0.15) is 19.5 Å². The molecule has 0 fully saturated rings. The van der Waals surface area contributed by atoms with Gasteiger partial charge in [0.05, 0.1) is 0 Å². The van der Waals surface area contributed by atoms with Crippen LogP contribution in [0.4, 0.5) is 0 Å². The Kier molecular flexibility index (Phi) is 2.29. The number of rotatable bonds is 3. The maximum absolute atomic E-state index is 3.89. The fraction of sp³-hybridized carbons (Fsp3) is 0.625. The van der Waals surface area contributed by atoms with E-state index in [1.54, 1.807) is 6.20 Å². The summed E-state index contributed by atoms with van der Waals surface area (Å²) in [5.74, 6) is 0. The molecule has 2 N–H and O–H groups in total. The maximum Gasteiger partial charge on any atom is 0.0490 e. The second kappa shape index (κ2) is 3.05. The van der Waals surface area contributed by atoms with Crippen LogP contribution in [-0.4, -0.2) is 22.8 Å². The molecule has 0 bridgehead atoms. The summed E-state index contributed by atoms with van der Waals surface area (Å²) >= 11 is 0. The maximum atomic E-state index is 3.89. The number of hydrogen-bond acceptors (Lipinski definition) is 2. The van der Waals surface area contributed by atoms with E-state index in [0.717, 1.165) is 6.42 Å². The van der Waals surface area contributed by atoms with Crippen molar-refractivity contribution in [1.82, 2.24) is 15.5 Å². The Bertz CT molecular complexity index is 201. The number of nitrogens with one attached hydrogen (secondary N) is 2. The van der Waals surface area contributed by atoms with Crippen LogP contribution in [-0.2, 0) is 6.42 Å². The summed E-state index contributed by atoms with van der Waals surface area (Å²) < 4.78 is 0. The second-order valence-corrected chi connectivity index (χ2v) is 3.39. The molecule has 62 valence electrons. The van der Waals surface area contributed by atoms with Gasteiger partial charge in [-0.2, -0.15) is 5.10 Å². The van der Waals surface area contributed by atoms with Gasteiger partial charge < -0.3 is 5.32 Å². The molecule has 0 aliphatic carbocycles. The number of nitrogens with zero attached hydrogens (tertiary/aromatic N) is 1. The smallest absolute Gasteiger partial charge is 0.0490 e. The van der Waals surface area contributed by atoms with Gasteiger partial charge in [0, 0.05) is 23.9 Å². The highest BCUT2D eigenvalue weighted by Gasteiger charge is 2.15. The van der Waals surface area contributed by atoms with Gasteiger partial charge in [-0.25, -0.2) is 0 Å². The predicted molar refractivity (Wildman–Crippen MR) is 45.4 cm³/mol. The molecule has 0 spiro atoms. The Hall–Kier alpha value is -0.830. The quantitative estimate of drug-likeness (QED) is 0.678. The largest absolute Gasteiger partial charge is 0.314 e. The molecule has 1 aromatic rings. The van der Waals surface area contributed by atoms with Crippen LogP contribution in [0.15, 0.2) is 12.3 Å². The van der Waals surface area contributed by atoms with Gasteiger partial charge in [0.15, 0.2) is 0 Å². The molecule has 1 rings (SSSR count). The van der Waals surface area contributed by atoms with Crippen molar-refractivity contribution in [3.05, 3.63) is 18.0 Å². The standard InChI is InChI=1S/C8H15N3/c1-8(2,9-3)6-7-4-5-10-11-7/h4-5,9H,6H2,1-3H3,(H,10,11). The summed E-state index contributed by atoms with van der Waals surface area (Å²) in [4.78, 5) is 0. The average molecular weight is 153 g/mol. The minimum Gasteiger partial charge on any atom is -0.314 e. The Morgan fingerprint density at radius 1 is 1.64 bits per heavy atom. The molecule has 3 heteroatoms. The monoisotopic (exact) mass is 153 g/mol. The summed E-state index contributed by atoms with van der Waals surface area (Å²) in [6.45, 7) is 4.32. The lowest BCUT2D eigenvalue weighted by atomic mass is 9.99. The van der Waals surface area contributed by atoms with Crippen LogP contribution in [0.25, 0.3) is 0 Å². The fourth-order valence-electron chi connectivity index (χ4n) is 0.948. The molecule has 1 aromatic heterocycles. The summed E-state index contributed by atoms with van der Waals surface area (Å²) in [5.41, 5.74) is 1.32. The van der Waals surface area contributed by atoms with Gasteiger partial charge >= 0.3 is 0 Å². The summed E-state index contributed by atoms with van der Waals surface area (Å²) in [7, 11) is 1.97. The lowest BCUT2D eigenvalue weighted by molar-refractivity contribution is 0.417. The topological polar surface area (TPSA) is 40.7 Å². The van der Waals surface area contributed by atoms with E-state index in [1.165, 1.54) is 5.69 Å². The van der Waals surface area contributed by atoms with E-state index in [0.29, 0.717) is 0 Å². The van der Waals surface area contributed by atoms with Crippen molar-refractivity contribution in [2.24, 2.45) is 0 Å². The first-order chi connectivity index (χ1) is 5.14. The van der Waals surface area contributed by atoms with Crippen LogP contribution in [0.5, 0.6) is 0 Å². The average Bonchev–Trinajstić information content (AvgIpc) is 2.39. The molecule has 0 atom stereocenters. The van der Waals surface area contributed by atoms with Gasteiger partial charge in [-0.15, -0.1) is 0 Å². The molecule has 0 amide bonds. The van der Waals surface area contributed by atoms with Crippen LogP contribution in [0.3, 0.4) is 0 Å². The van der Waals surface area contributed by atoms with Gasteiger partial charge in [0.1, 0.15) is 0 Å². The predicted octanol–water partition coefficient (Wildman–Crippen LogP) is 0.950. The SMILES string of the molecule is CNC(C)(C)Cc1ccn[nH]1. The van der Waals surface area contributed by atoms with Crippen molar-refractivity contribution in [1.29, 1.82) is 0 Å². The number of aromatic amines is 1. The van der Waals surface area contributed by atoms with E-state index >= 15 is 0 Å². The van der Waals surface area contributed by atoms with Crippen molar-refractivity contribution < 1.29 is 0 Å². The van der Waals surface area contributed by atoms with Gasteiger partial charge in [0.2, 0.25) is 0 Å². The molecule has 3 nitrogen and oxygen atoms in total. The van der Waals surface area contributed by atoms with E-state index in [4.69, 9.17) is 0 Å². The van der Waals surface area contributed by atoms with E-state index in [1.807, 2.05) is 13.1 Å². The summed E-state index contributed by atoms with van der Waals surface area (Å²) in [5, 5.41) is 10.1. The third kappa shape index (κ3) is 2.35. The zero-order chi connectivity index (χ0) is 8.32. The third-order valence-electron chi connectivity index (χ3n) is 1.87. The Morgan fingerprint density at radius 3 is 2.82 bits per heavy atom. The summed E-state index contributed by atoms with van der Waals surface area (Å²) in [6.07, 6.45) is 2.75. The molecule has 0 unspecified atom stereocenters. The lowest BCUT2D eigenvalue weighted by Gasteiger charge is -2.22. The Labute approximate surface area is 67.2 Å². The minimum absolute atomic E-state index is 0.145. The molecule has 0 saturated carbocycles. The van der Waals surface area contributed by atoms with Crippen LogP contribution in [0.2, 0.25) is 0 Å². The van der Waals surface area contributed by atoms with Crippen LogP contribution < -0.4 is 5.32 Å². The molecule has 0 radical (unpaired) electrons. The highest BCUT2D eigenvalue weighted by atomic mass is 15.1. The molecule has 0 aliphatic rings. The van der Waals surface area contributed by atoms with Crippen molar-refractivity contribution in [3.63, 3.8) is 0 Å². The number of hydrogen-bond donors (Lipinski definition) is 2. The van der Waals surface area contributed by atoms with Gasteiger partial charge in [-0.3, -0.25) is 5.10 Å². The van der Waals surface area contributed by atoms with Gasteiger partial charge in [0.25, 0.3) is 0 Å². The van der Waals surface area contributed by atoms with Crippen molar-refractivity contribution in [2.45, 2.75) is 25.8 Å². The van der Waals surface area contributed by atoms with Crippen molar-refractivity contribution >= 4 is 0 Å². The molecule has 0 aliphatic heterocycles. The van der Waals surface area contributed by atoms with Crippen LogP contribution >= 0.6 is 0 Å². The van der Waals surface area contributed by atoms with Crippen molar-refractivity contribution in [3.8, 4) is 0 Å². The number of likely N-dealkylation sites (N-methyl/N-ethyl adjacent to an activating group) is 1. The third-order valence-corrected chi connectivity index (χ3v) is 1.87. The zero-order valence-corrected chi connectivity index (χ0v) is 7.31. The second-order valence-electron chi connectivity index (χ2n) is 3.39. The Morgan fingerprint density at radius 2 is 2.36 bits per heavy atom. The molecular weight excluding hydrogens is 138 g/mol. The van der Waals surface area contributed by atoms with Crippen molar-refractivity contribution in [2.75, 3.05) is 7.05 Å². The fourth-order valence-corrected chi connectivity index (χ4v) is 0.948. The molecule has 0 aromatic carbocycles. The van der Waals surface area contributed by atoms with Gasteiger partial charge in [-0.1, -0.05) is 0 Å². The van der Waals surface area contributed by atoms with E-state index < -0.39 is 0 Å². The van der Waals surface area contributed by atoms with Crippen LogP contribution in [0, 0.1) is 0 Å². The van der Waals surface area contributed by atoms with Gasteiger partial charge in [-0.05, 0) is 27.0 Å². The van der Waals surface area contributed by atoms with E-state index in [-0.39, 0.29) is 5.54 Å². The normalized spacial score (nSPS) is 11.9.